The van der Waals surface area contributed by atoms with Gasteiger partial charge in [-0.3, -0.25) is 0 Å². The van der Waals surface area contributed by atoms with Crippen LogP contribution in [-0.4, -0.2) is 0 Å². The highest BCUT2D eigenvalue weighted by Gasteiger charge is 2.13. The molecular weight excluding hydrogens is 211 g/mol. The summed E-state index contributed by atoms with van der Waals surface area (Å²) in [5.74, 6) is -0.267. The lowest BCUT2D eigenvalue weighted by Crippen LogP contribution is -1.97. The number of hydrogen-bond donors (Lipinski definition) is 0. The lowest BCUT2D eigenvalue weighted by atomic mass is 9.89. The third-order valence-corrected chi connectivity index (χ3v) is 2.87. The number of halogens is 2. The van der Waals surface area contributed by atoms with Gasteiger partial charge in [0.1, 0.15) is 5.82 Å². The van der Waals surface area contributed by atoms with Gasteiger partial charge in [0.25, 0.3) is 0 Å². The molecule has 0 fully saturated rings. The topological polar surface area (TPSA) is 0 Å². The van der Waals surface area contributed by atoms with Crippen molar-refractivity contribution in [1.82, 2.24) is 0 Å². The molecule has 0 amide bonds. The minimum absolute atomic E-state index is 0.267. The van der Waals surface area contributed by atoms with E-state index in [2.05, 4.69) is 12.7 Å². The third-order valence-electron chi connectivity index (χ3n) is 2.63. The molecule has 1 aromatic rings. The lowest BCUT2D eigenvalue weighted by Gasteiger charge is -2.16. The van der Waals surface area contributed by atoms with E-state index in [1.165, 1.54) is 6.07 Å². The van der Waals surface area contributed by atoms with Crippen LogP contribution in [0.5, 0.6) is 0 Å². The summed E-state index contributed by atoms with van der Waals surface area (Å²) in [7, 11) is 0. The van der Waals surface area contributed by atoms with Gasteiger partial charge in [-0.25, -0.2) is 4.39 Å². The Morgan fingerprint density at radius 3 is 2.80 bits per heavy atom. The highest BCUT2D eigenvalue weighted by atomic mass is 35.5. The molecule has 0 atom stereocenters. The van der Waals surface area contributed by atoms with Crippen molar-refractivity contribution in [3.05, 3.63) is 52.8 Å². The Morgan fingerprint density at radius 2 is 2.13 bits per heavy atom. The third kappa shape index (κ3) is 2.13. The molecule has 2 heteroatoms. The molecule has 0 saturated carbocycles. The maximum Gasteiger partial charge on any atom is 0.132 e. The summed E-state index contributed by atoms with van der Waals surface area (Å²) in [6.07, 6.45) is 5.11. The second kappa shape index (κ2) is 4.19. The first kappa shape index (κ1) is 10.4. The van der Waals surface area contributed by atoms with Crippen LogP contribution >= 0.6 is 11.6 Å². The van der Waals surface area contributed by atoms with E-state index >= 15 is 0 Å². The van der Waals surface area contributed by atoms with Gasteiger partial charge in [-0.05, 0) is 48.6 Å². The molecule has 0 aliphatic heterocycles. The molecule has 78 valence electrons. The predicted octanol–water partition coefficient (Wildman–Crippen LogP) is 4.60. The number of allylic oxidation sites excluding steroid dienone is 3. The monoisotopic (exact) mass is 222 g/mol. The smallest absolute Gasteiger partial charge is 0.132 e. The van der Waals surface area contributed by atoms with Crippen LogP contribution in [-0.2, 0) is 0 Å². The zero-order chi connectivity index (χ0) is 10.8. The minimum atomic E-state index is -0.267. The van der Waals surface area contributed by atoms with Crippen LogP contribution in [0.3, 0.4) is 0 Å². The molecule has 0 aromatic heterocycles. The summed E-state index contributed by atoms with van der Waals surface area (Å²) < 4.78 is 13.6. The summed E-state index contributed by atoms with van der Waals surface area (Å²) in [4.78, 5) is 0. The van der Waals surface area contributed by atoms with Crippen LogP contribution in [0, 0.1) is 5.82 Å². The van der Waals surface area contributed by atoms with Crippen molar-refractivity contribution in [2.45, 2.75) is 19.3 Å². The molecule has 1 aliphatic rings. The van der Waals surface area contributed by atoms with E-state index in [4.69, 9.17) is 11.6 Å². The van der Waals surface area contributed by atoms with Gasteiger partial charge in [0.15, 0.2) is 0 Å². The van der Waals surface area contributed by atoms with E-state index in [0.29, 0.717) is 10.6 Å². The van der Waals surface area contributed by atoms with E-state index < -0.39 is 0 Å². The minimum Gasteiger partial charge on any atom is -0.206 e. The lowest BCUT2D eigenvalue weighted by molar-refractivity contribution is 0.623. The van der Waals surface area contributed by atoms with Crippen LogP contribution in [0.15, 0.2) is 36.4 Å². The first-order valence-electron chi connectivity index (χ1n) is 5.02. The van der Waals surface area contributed by atoms with Gasteiger partial charge >= 0.3 is 0 Å². The Kier molecular flexibility index (Phi) is 2.92. The van der Waals surface area contributed by atoms with Gasteiger partial charge in [0, 0.05) is 10.6 Å². The van der Waals surface area contributed by atoms with Gasteiger partial charge in [0.2, 0.25) is 0 Å². The quantitative estimate of drug-likeness (QED) is 0.651. The molecule has 0 nitrogen and oxygen atoms in total. The average Bonchev–Trinajstić information content (AvgIpc) is 2.20. The van der Waals surface area contributed by atoms with Gasteiger partial charge < -0.3 is 0 Å². The number of benzene rings is 1. The Hall–Kier alpha value is -1.08. The van der Waals surface area contributed by atoms with Crippen LogP contribution in [0.25, 0.3) is 5.57 Å². The Labute approximate surface area is 94.1 Å². The standard InChI is InChI=1S/C13H12ClF/c1-9-4-2-3-5-11(9)12-7-6-10(14)8-13(12)15/h5-8H,1-4H2. The van der Waals surface area contributed by atoms with Crippen LogP contribution in [0.4, 0.5) is 4.39 Å². The van der Waals surface area contributed by atoms with E-state index in [-0.39, 0.29) is 5.82 Å². The van der Waals surface area contributed by atoms with Crippen LogP contribution in [0.1, 0.15) is 24.8 Å². The second-order valence-corrected chi connectivity index (χ2v) is 4.17. The fraction of sp³-hybridized carbons (Fsp3) is 0.231. The van der Waals surface area contributed by atoms with E-state index in [9.17, 15) is 4.39 Å². The molecule has 1 aromatic carbocycles. The summed E-state index contributed by atoms with van der Waals surface area (Å²) in [6.45, 7) is 3.97. The summed E-state index contributed by atoms with van der Waals surface area (Å²) in [5.41, 5.74) is 2.57. The largest absolute Gasteiger partial charge is 0.206 e. The van der Waals surface area contributed by atoms with Crippen molar-refractivity contribution in [2.24, 2.45) is 0 Å². The molecule has 0 spiro atoms. The molecule has 0 unspecified atom stereocenters. The zero-order valence-corrected chi connectivity index (χ0v) is 9.15. The molecule has 0 saturated heterocycles. The number of rotatable bonds is 1. The van der Waals surface area contributed by atoms with E-state index in [1.807, 2.05) is 0 Å². The van der Waals surface area contributed by atoms with Gasteiger partial charge in [-0.15, -0.1) is 0 Å². The summed E-state index contributed by atoms with van der Waals surface area (Å²) in [6, 6.07) is 4.78. The summed E-state index contributed by atoms with van der Waals surface area (Å²) >= 11 is 5.71. The van der Waals surface area contributed by atoms with Crippen LogP contribution < -0.4 is 0 Å². The zero-order valence-electron chi connectivity index (χ0n) is 8.39. The highest BCUT2D eigenvalue weighted by molar-refractivity contribution is 6.30. The molecule has 2 rings (SSSR count). The molecular formula is C13H12ClF. The fourth-order valence-corrected chi connectivity index (χ4v) is 2.01. The van der Waals surface area contributed by atoms with Gasteiger partial charge in [-0.1, -0.05) is 24.3 Å². The molecule has 15 heavy (non-hydrogen) atoms. The van der Waals surface area contributed by atoms with Crippen molar-refractivity contribution >= 4 is 17.2 Å². The Balaban J connectivity index is 2.45. The van der Waals surface area contributed by atoms with Crippen molar-refractivity contribution < 1.29 is 4.39 Å². The average molecular weight is 223 g/mol. The molecule has 0 bridgehead atoms. The normalized spacial score (nSPS) is 16.4. The molecule has 0 heterocycles. The highest BCUT2D eigenvalue weighted by Crippen LogP contribution is 2.32. The molecule has 0 radical (unpaired) electrons. The maximum atomic E-state index is 13.6. The Bertz CT molecular complexity index is 432. The van der Waals surface area contributed by atoms with Crippen molar-refractivity contribution in [3.8, 4) is 0 Å². The number of hydrogen-bond acceptors (Lipinski definition) is 0. The second-order valence-electron chi connectivity index (χ2n) is 3.74. The van der Waals surface area contributed by atoms with Crippen molar-refractivity contribution in [1.29, 1.82) is 0 Å². The van der Waals surface area contributed by atoms with Crippen LogP contribution in [0.2, 0.25) is 5.02 Å². The Morgan fingerprint density at radius 1 is 1.33 bits per heavy atom. The summed E-state index contributed by atoms with van der Waals surface area (Å²) in [5, 5.41) is 0.429. The van der Waals surface area contributed by atoms with Crippen molar-refractivity contribution in [3.63, 3.8) is 0 Å². The first-order chi connectivity index (χ1) is 7.18. The maximum absolute atomic E-state index is 13.6. The first-order valence-corrected chi connectivity index (χ1v) is 5.40. The van der Waals surface area contributed by atoms with E-state index in [0.717, 1.165) is 30.4 Å². The molecule has 1 aliphatic carbocycles. The van der Waals surface area contributed by atoms with Crippen molar-refractivity contribution in [2.75, 3.05) is 0 Å². The SMILES string of the molecule is C=C1CCCC=C1c1ccc(Cl)cc1F. The van der Waals surface area contributed by atoms with Gasteiger partial charge in [-0.2, -0.15) is 0 Å². The predicted molar refractivity (Wildman–Crippen MR) is 62.4 cm³/mol. The fourth-order valence-electron chi connectivity index (χ4n) is 1.85. The molecule has 0 N–H and O–H groups in total. The van der Waals surface area contributed by atoms with Gasteiger partial charge in [0.05, 0.1) is 0 Å². The van der Waals surface area contributed by atoms with E-state index in [1.54, 1.807) is 12.1 Å².